The van der Waals surface area contributed by atoms with Gasteiger partial charge >= 0.3 is 0 Å². The van der Waals surface area contributed by atoms with E-state index in [-0.39, 0.29) is 5.60 Å². The van der Waals surface area contributed by atoms with E-state index in [1.807, 2.05) is 18.2 Å². The highest BCUT2D eigenvalue weighted by molar-refractivity contribution is 14.1. The van der Waals surface area contributed by atoms with E-state index in [1.54, 1.807) is 7.11 Å². The Bertz CT molecular complexity index is 333. The van der Waals surface area contributed by atoms with Gasteiger partial charge in [-0.15, -0.1) is 0 Å². The maximum atomic E-state index is 5.92. The van der Waals surface area contributed by atoms with Crippen molar-refractivity contribution in [3.05, 3.63) is 34.3 Å². The average Bonchev–Trinajstić information content (AvgIpc) is 2.30. The fourth-order valence-electron chi connectivity index (χ4n) is 1.43. The van der Waals surface area contributed by atoms with Crippen LogP contribution in [0.4, 0.5) is 0 Å². The first kappa shape index (κ1) is 14.4. The maximum Gasteiger partial charge on any atom is 0.100 e. The summed E-state index contributed by atoms with van der Waals surface area (Å²) in [6.45, 7) is 3.34. The van der Waals surface area contributed by atoms with E-state index in [1.165, 1.54) is 5.56 Å². The molecule has 0 aromatic heterocycles. The van der Waals surface area contributed by atoms with Crippen LogP contribution in [-0.4, -0.2) is 24.8 Å². The van der Waals surface area contributed by atoms with Gasteiger partial charge in [0.25, 0.3) is 0 Å². The lowest BCUT2D eigenvalue weighted by atomic mass is 9.98. The molecule has 1 unspecified atom stereocenters. The number of benzene rings is 1. The Labute approximate surface area is 119 Å². The van der Waals surface area contributed by atoms with Gasteiger partial charge in [0.2, 0.25) is 0 Å². The van der Waals surface area contributed by atoms with Crippen molar-refractivity contribution < 1.29 is 9.47 Å². The summed E-state index contributed by atoms with van der Waals surface area (Å²) in [7, 11) is 1.68. The normalized spacial score (nSPS) is 14.8. The number of rotatable bonds is 6. The van der Waals surface area contributed by atoms with Crippen molar-refractivity contribution in [3.63, 3.8) is 0 Å². The Hall–Kier alpha value is 0.350. The molecule has 0 radical (unpaired) electrons. The molecule has 4 heteroatoms. The van der Waals surface area contributed by atoms with Gasteiger partial charge in [-0.3, -0.25) is 0 Å². The summed E-state index contributed by atoms with van der Waals surface area (Å²) in [5, 5.41) is 0. The van der Waals surface area contributed by atoms with Crippen LogP contribution in [0.25, 0.3) is 0 Å². The summed E-state index contributed by atoms with van der Waals surface area (Å²) >= 11 is 5.92. The van der Waals surface area contributed by atoms with E-state index < -0.39 is 0 Å². The second-order valence-electron chi connectivity index (χ2n) is 3.69. The summed E-state index contributed by atoms with van der Waals surface area (Å²) < 4.78 is 12.9. The molecule has 90 valence electrons. The Morgan fingerprint density at radius 3 is 2.56 bits per heavy atom. The van der Waals surface area contributed by atoms with Gasteiger partial charge in [0.05, 0.1) is 13.2 Å². The highest BCUT2D eigenvalue weighted by Crippen LogP contribution is 2.33. The molecule has 0 amide bonds. The van der Waals surface area contributed by atoms with E-state index >= 15 is 0 Å². The highest BCUT2D eigenvalue weighted by Gasteiger charge is 2.27. The molecule has 1 aromatic rings. The molecule has 0 aliphatic carbocycles. The van der Waals surface area contributed by atoms with Crippen LogP contribution in [0.2, 0.25) is 0 Å². The number of methoxy groups -OCH3 is 1. The van der Waals surface area contributed by atoms with Crippen molar-refractivity contribution in [2.75, 3.05) is 24.8 Å². The fourth-order valence-corrected chi connectivity index (χ4v) is 2.76. The van der Waals surface area contributed by atoms with Gasteiger partial charge in [-0.2, -0.15) is 0 Å². The molecule has 2 nitrogen and oxygen atoms in total. The van der Waals surface area contributed by atoms with Crippen molar-refractivity contribution in [1.29, 1.82) is 0 Å². The van der Waals surface area contributed by atoms with E-state index in [2.05, 4.69) is 51.5 Å². The monoisotopic (exact) mass is 398 g/mol. The third-order valence-electron chi connectivity index (χ3n) is 2.41. The van der Waals surface area contributed by atoms with Gasteiger partial charge in [-0.05, 0) is 18.6 Å². The number of hydrogen-bond acceptors (Lipinski definition) is 2. The summed E-state index contributed by atoms with van der Waals surface area (Å²) in [5.74, 6) is 0. The second kappa shape index (κ2) is 6.93. The molecule has 1 rings (SSSR count). The molecule has 0 bridgehead atoms. The molecule has 0 aliphatic heterocycles. The number of hydrogen-bond donors (Lipinski definition) is 0. The van der Waals surface area contributed by atoms with Gasteiger partial charge in [0, 0.05) is 16.0 Å². The van der Waals surface area contributed by atoms with Gasteiger partial charge in [-0.1, -0.05) is 56.7 Å². The topological polar surface area (TPSA) is 18.5 Å². The minimum atomic E-state index is -0.265. The third kappa shape index (κ3) is 3.68. The summed E-state index contributed by atoms with van der Waals surface area (Å²) in [6.07, 6.45) is 0. The fraction of sp³-hybridized carbons (Fsp3) is 0.500. The lowest BCUT2D eigenvalue weighted by Crippen LogP contribution is -2.29. The second-order valence-corrected chi connectivity index (χ2v) is 5.30. The zero-order valence-electron chi connectivity index (χ0n) is 9.50. The van der Waals surface area contributed by atoms with Crippen molar-refractivity contribution in [1.82, 2.24) is 0 Å². The lowest BCUT2D eigenvalue weighted by molar-refractivity contribution is -0.0383. The highest BCUT2D eigenvalue weighted by atomic mass is 127. The molecule has 0 spiro atoms. The molecule has 1 atom stereocenters. The molecule has 0 saturated heterocycles. The predicted octanol–water partition coefficient (Wildman–Crippen LogP) is 3.76. The third-order valence-corrected chi connectivity index (χ3v) is 4.55. The molecule has 0 aliphatic rings. The Morgan fingerprint density at radius 1 is 1.31 bits per heavy atom. The van der Waals surface area contributed by atoms with E-state index in [0.717, 1.165) is 8.90 Å². The Morgan fingerprint density at radius 2 is 2.00 bits per heavy atom. The first-order valence-electron chi connectivity index (χ1n) is 5.08. The number of halogens is 2. The minimum Gasteiger partial charge on any atom is -0.382 e. The maximum absolute atomic E-state index is 5.92. The van der Waals surface area contributed by atoms with Crippen LogP contribution in [0.3, 0.4) is 0 Å². The minimum absolute atomic E-state index is 0.265. The summed E-state index contributed by atoms with van der Waals surface area (Å²) in [5.41, 5.74) is 0.916. The summed E-state index contributed by atoms with van der Waals surface area (Å²) in [4.78, 5) is 0. The molecule has 16 heavy (non-hydrogen) atoms. The van der Waals surface area contributed by atoms with E-state index in [9.17, 15) is 0 Å². The number of ether oxygens (including phenoxy) is 2. The van der Waals surface area contributed by atoms with E-state index in [4.69, 9.17) is 9.47 Å². The molecule has 0 fully saturated rings. The van der Waals surface area contributed by atoms with Crippen LogP contribution in [0.5, 0.6) is 0 Å². The van der Waals surface area contributed by atoms with Gasteiger partial charge in [-0.25, -0.2) is 0 Å². The van der Waals surface area contributed by atoms with Gasteiger partial charge in [0.1, 0.15) is 5.60 Å². The van der Waals surface area contributed by atoms with Crippen molar-refractivity contribution in [2.45, 2.75) is 12.5 Å². The van der Waals surface area contributed by atoms with Crippen molar-refractivity contribution in [2.24, 2.45) is 0 Å². The van der Waals surface area contributed by atoms with Crippen LogP contribution in [0.1, 0.15) is 12.5 Å². The van der Waals surface area contributed by atoms with Crippen molar-refractivity contribution >= 4 is 38.5 Å². The SMILES string of the molecule is COCCOC(C)(CI)c1ccccc1Br. The average molecular weight is 399 g/mol. The van der Waals surface area contributed by atoms with Crippen LogP contribution in [0, 0.1) is 0 Å². The predicted molar refractivity (Wildman–Crippen MR) is 78.2 cm³/mol. The quantitative estimate of drug-likeness (QED) is 0.412. The van der Waals surface area contributed by atoms with Gasteiger partial charge in [0.15, 0.2) is 0 Å². The standard InChI is InChI=1S/C12H16BrIO2/c1-12(9-14,16-8-7-15-2)10-5-3-4-6-11(10)13/h3-6H,7-9H2,1-2H3. The van der Waals surface area contributed by atoms with Gasteiger partial charge < -0.3 is 9.47 Å². The molecule has 1 aromatic carbocycles. The summed E-state index contributed by atoms with van der Waals surface area (Å²) in [6, 6.07) is 8.18. The Balaban J connectivity index is 2.83. The smallest absolute Gasteiger partial charge is 0.100 e. The molecular formula is C12H16BrIO2. The molecule has 0 heterocycles. The zero-order valence-corrected chi connectivity index (χ0v) is 13.2. The molecule has 0 N–H and O–H groups in total. The first-order chi connectivity index (χ1) is 7.64. The first-order valence-corrected chi connectivity index (χ1v) is 7.40. The lowest BCUT2D eigenvalue weighted by Gasteiger charge is -2.29. The van der Waals surface area contributed by atoms with Crippen LogP contribution in [-0.2, 0) is 15.1 Å². The largest absolute Gasteiger partial charge is 0.382 e. The number of alkyl halides is 1. The van der Waals surface area contributed by atoms with Crippen LogP contribution >= 0.6 is 38.5 Å². The Kier molecular flexibility index (Phi) is 6.25. The van der Waals surface area contributed by atoms with Crippen LogP contribution in [0.15, 0.2) is 28.7 Å². The van der Waals surface area contributed by atoms with Crippen LogP contribution < -0.4 is 0 Å². The molecule has 0 saturated carbocycles. The van der Waals surface area contributed by atoms with E-state index in [0.29, 0.717) is 13.2 Å². The van der Waals surface area contributed by atoms with Crippen molar-refractivity contribution in [3.8, 4) is 0 Å². The molecular weight excluding hydrogens is 383 g/mol. The zero-order chi connectivity index (χ0) is 12.0.